The van der Waals surface area contributed by atoms with E-state index in [2.05, 4.69) is 16.0 Å². The molecule has 6 atom stereocenters. The van der Waals surface area contributed by atoms with Crippen LogP contribution in [0.2, 0.25) is 0 Å². The van der Waals surface area contributed by atoms with Gasteiger partial charge in [0.15, 0.2) is 5.78 Å². The van der Waals surface area contributed by atoms with Crippen molar-refractivity contribution in [1.29, 1.82) is 0 Å². The molecule has 0 aliphatic heterocycles. The Morgan fingerprint density at radius 2 is 1.48 bits per heavy atom. The molecule has 4 aliphatic rings. The molecule has 0 aromatic heterocycles. The van der Waals surface area contributed by atoms with Crippen molar-refractivity contribution in [3.63, 3.8) is 0 Å². The predicted molar refractivity (Wildman–Crippen MR) is 203 cm³/mol. The summed E-state index contributed by atoms with van der Waals surface area (Å²) < 4.78 is 5.30. The maximum atomic E-state index is 14.6. The number of hydrogen-bond donors (Lipinski definition) is 7. The van der Waals surface area contributed by atoms with Crippen LogP contribution in [0.1, 0.15) is 56.6 Å². The zero-order valence-electron chi connectivity index (χ0n) is 31.0. The van der Waals surface area contributed by atoms with E-state index in [4.69, 9.17) is 26.1 Å². The lowest BCUT2D eigenvalue weighted by Gasteiger charge is -2.63. The minimum absolute atomic E-state index is 0.0987. The molecule has 6 rings (SSSR count). The highest BCUT2D eigenvalue weighted by molar-refractivity contribution is 7.98. The van der Waals surface area contributed by atoms with E-state index in [1.807, 2.05) is 36.6 Å². The van der Waals surface area contributed by atoms with Gasteiger partial charge in [-0.2, -0.15) is 11.8 Å². The number of ketones is 1. The second-order valence-corrected chi connectivity index (χ2v) is 15.9. The van der Waals surface area contributed by atoms with Crippen LogP contribution in [0.3, 0.4) is 0 Å². The number of esters is 1. The fourth-order valence-electron chi connectivity index (χ4n) is 8.86. The van der Waals surface area contributed by atoms with Crippen molar-refractivity contribution in [2.45, 2.75) is 82.0 Å². The molecule has 4 bridgehead atoms. The summed E-state index contributed by atoms with van der Waals surface area (Å²) in [6.07, 6.45) is 5.91. The summed E-state index contributed by atoms with van der Waals surface area (Å²) >= 11 is 1.50. The number of methoxy groups -OCH3 is 1. The van der Waals surface area contributed by atoms with Gasteiger partial charge in [-0.25, -0.2) is 0 Å². The van der Waals surface area contributed by atoms with Crippen molar-refractivity contribution < 1.29 is 43.7 Å². The van der Waals surface area contributed by atoms with Crippen LogP contribution in [-0.4, -0.2) is 95.0 Å². The van der Waals surface area contributed by atoms with Gasteiger partial charge < -0.3 is 42.4 Å². The van der Waals surface area contributed by atoms with Gasteiger partial charge in [-0.15, -0.1) is 0 Å². The lowest BCUT2D eigenvalue weighted by molar-refractivity contribution is -0.188. The molecule has 9 N–H and O–H groups in total. The Hall–Kier alpha value is -4.47. The van der Waals surface area contributed by atoms with Gasteiger partial charge in [-0.3, -0.25) is 28.8 Å². The number of phenols is 1. The summed E-state index contributed by atoms with van der Waals surface area (Å²) in [6.45, 7) is 0.646. The van der Waals surface area contributed by atoms with Crippen LogP contribution >= 0.6 is 11.8 Å². The van der Waals surface area contributed by atoms with E-state index < -0.39 is 71.2 Å². The van der Waals surface area contributed by atoms with Crippen molar-refractivity contribution in [3.8, 4) is 5.75 Å². The van der Waals surface area contributed by atoms with Crippen LogP contribution in [0.5, 0.6) is 5.75 Å². The van der Waals surface area contributed by atoms with Crippen LogP contribution in [-0.2, 0) is 46.3 Å². The molecular weight excluding hydrogens is 715 g/mol. The fraction of sp³-hybridized carbons (Fsp3) is 0.538. The molecule has 2 aromatic rings. The number of carboxylic acid groups (broad SMARTS) is 1. The lowest BCUT2D eigenvalue weighted by atomic mass is 9.41. The number of aliphatic carboxylic acids is 1. The van der Waals surface area contributed by atoms with Crippen molar-refractivity contribution >= 4 is 47.2 Å². The number of Topliss-reactive ketones (excluding diaryl/α,β-unsaturated/α-hetero) is 1. The Labute approximate surface area is 319 Å². The minimum Gasteiger partial charge on any atom is -0.508 e. The number of carbonyl (C=O) groups is 6. The third-order valence-electron chi connectivity index (χ3n) is 10.7. The van der Waals surface area contributed by atoms with E-state index in [9.17, 15) is 29.1 Å². The maximum Gasteiger partial charge on any atom is 0.312 e. The summed E-state index contributed by atoms with van der Waals surface area (Å²) in [5, 5.41) is 25.1. The molecule has 14 nitrogen and oxygen atoms in total. The van der Waals surface area contributed by atoms with Crippen LogP contribution in [0, 0.1) is 23.2 Å². The van der Waals surface area contributed by atoms with Crippen LogP contribution < -0.4 is 27.4 Å². The minimum atomic E-state index is -1.04. The molecule has 0 radical (unpaired) electrons. The number of nitrogens with one attached hydrogen (secondary N) is 3. The second kappa shape index (κ2) is 18.7. The normalized spacial score (nSPS) is 25.2. The maximum absolute atomic E-state index is 14.6. The molecule has 0 saturated heterocycles. The fourth-order valence-corrected chi connectivity index (χ4v) is 9.33. The average molecular weight is 768 g/mol. The lowest BCUT2D eigenvalue weighted by Crippen LogP contribution is -2.72. The Kier molecular flexibility index (Phi) is 14.7. The van der Waals surface area contributed by atoms with E-state index in [0.29, 0.717) is 37.9 Å². The molecule has 2 aromatic carbocycles. The number of nitrogens with two attached hydrogens (primary N) is 2. The number of carbonyl (C=O) groups excluding carboxylic acids is 5. The molecule has 54 heavy (non-hydrogen) atoms. The predicted octanol–water partition coefficient (Wildman–Crippen LogP) is 1.70. The van der Waals surface area contributed by atoms with Gasteiger partial charge in [-0.05, 0) is 98.5 Å². The van der Waals surface area contributed by atoms with Gasteiger partial charge in [0.05, 0.1) is 37.1 Å². The molecule has 294 valence electrons. The average Bonchev–Trinajstić information content (AvgIpc) is 3.11. The SMILES string of the molecule is CC(=O)O.COC(=O)C12CC3CC(CC(N)(C3)C1C(=O)[C@H](Cc1ccccc1)NC(=O)CNC(=O)[C@@H](CCSC)NC(=O)[C@@H](N)Cc1ccc(O)cc1)C2. The van der Waals surface area contributed by atoms with Gasteiger partial charge in [0.2, 0.25) is 17.7 Å². The second-order valence-electron chi connectivity index (χ2n) is 14.9. The highest BCUT2D eigenvalue weighted by Gasteiger charge is 2.68. The topological polar surface area (TPSA) is 240 Å². The quantitative estimate of drug-likeness (QED) is 0.121. The number of rotatable bonds is 16. The van der Waals surface area contributed by atoms with Crippen molar-refractivity contribution in [1.82, 2.24) is 16.0 Å². The first-order valence-electron chi connectivity index (χ1n) is 18.1. The van der Waals surface area contributed by atoms with E-state index in [0.717, 1.165) is 24.5 Å². The number of phenolic OH excluding ortho intramolecular Hbond substituents is 1. The summed E-state index contributed by atoms with van der Waals surface area (Å²) in [7, 11) is 1.34. The first kappa shape index (κ1) is 42.3. The van der Waals surface area contributed by atoms with E-state index in [1.54, 1.807) is 12.1 Å². The summed E-state index contributed by atoms with van der Waals surface area (Å²) in [5.74, 6) is -2.89. The van der Waals surface area contributed by atoms with Crippen LogP contribution in [0.25, 0.3) is 0 Å². The van der Waals surface area contributed by atoms with Gasteiger partial charge in [0, 0.05) is 12.5 Å². The Balaban J connectivity index is 0.00000155. The van der Waals surface area contributed by atoms with Crippen molar-refractivity contribution in [2.24, 2.45) is 34.6 Å². The summed E-state index contributed by atoms with van der Waals surface area (Å²) in [5.41, 5.74) is 12.8. The van der Waals surface area contributed by atoms with Gasteiger partial charge in [0.25, 0.3) is 5.97 Å². The van der Waals surface area contributed by atoms with Gasteiger partial charge >= 0.3 is 5.97 Å². The first-order chi connectivity index (χ1) is 25.6. The molecule has 0 heterocycles. The molecule has 4 fully saturated rings. The Bertz CT molecular complexity index is 1640. The van der Waals surface area contributed by atoms with Gasteiger partial charge in [-0.1, -0.05) is 42.5 Å². The number of ether oxygens (including phenoxy) is 1. The molecule has 4 aliphatic carbocycles. The number of benzene rings is 2. The number of carboxylic acids is 1. The molecule has 15 heteroatoms. The molecular formula is C39H53N5O9S. The third-order valence-corrected chi connectivity index (χ3v) is 11.3. The third kappa shape index (κ3) is 10.6. The Morgan fingerprint density at radius 1 is 0.889 bits per heavy atom. The molecule has 3 amide bonds. The molecule has 4 saturated carbocycles. The molecule has 0 spiro atoms. The van der Waals surface area contributed by atoms with Crippen LogP contribution in [0.4, 0.5) is 0 Å². The molecule has 3 unspecified atom stereocenters. The smallest absolute Gasteiger partial charge is 0.312 e. The van der Waals surface area contributed by atoms with E-state index >= 15 is 0 Å². The number of aromatic hydroxyl groups is 1. The standard InChI is InChI=1S/C37H49N5O7S.C2H4O2/c1-49-35(48)36-17-24-14-25(18-36)20-37(39,19-24)32(36)31(45)29(16-22-6-4-3-5-7-22)41-30(44)21-40-34(47)28(12-13-50-2)42-33(46)27(38)15-23-8-10-26(43)11-9-23;1-2(3)4/h3-11,24-25,27-29,32,43H,12-21,38-39H2,1-2H3,(H,40,47)(H,41,44)(H,42,46);1H3,(H,3,4)/t24?,25?,27-,28+,29-,32?,36?,37?;/m0./s1. The highest BCUT2D eigenvalue weighted by atomic mass is 32.2. The van der Waals surface area contributed by atoms with Crippen LogP contribution in [0.15, 0.2) is 54.6 Å². The van der Waals surface area contributed by atoms with Crippen molar-refractivity contribution in [3.05, 3.63) is 65.7 Å². The van der Waals surface area contributed by atoms with Crippen molar-refractivity contribution in [2.75, 3.05) is 25.7 Å². The van der Waals surface area contributed by atoms with E-state index in [1.165, 1.54) is 31.0 Å². The Morgan fingerprint density at radius 3 is 2.06 bits per heavy atom. The number of amides is 3. The van der Waals surface area contributed by atoms with Gasteiger partial charge in [0.1, 0.15) is 11.8 Å². The summed E-state index contributed by atoms with van der Waals surface area (Å²) in [6, 6.07) is 12.7. The number of hydrogen-bond acceptors (Lipinski definition) is 11. The summed E-state index contributed by atoms with van der Waals surface area (Å²) in [4.78, 5) is 76.8. The zero-order valence-corrected chi connectivity index (χ0v) is 31.9. The first-order valence-corrected chi connectivity index (χ1v) is 19.5. The number of thioether (sulfide) groups is 1. The highest BCUT2D eigenvalue weighted by Crippen LogP contribution is 2.64. The largest absolute Gasteiger partial charge is 0.508 e. The van der Waals surface area contributed by atoms with E-state index in [-0.39, 0.29) is 36.2 Å². The zero-order chi connectivity index (χ0) is 39.6. The monoisotopic (exact) mass is 767 g/mol.